The van der Waals surface area contributed by atoms with E-state index in [1.807, 2.05) is 31.2 Å². The topological polar surface area (TPSA) is 50.4 Å². The fourth-order valence-electron chi connectivity index (χ4n) is 2.44. The third-order valence-electron chi connectivity index (χ3n) is 3.79. The summed E-state index contributed by atoms with van der Waals surface area (Å²) >= 11 is 0. The number of methoxy groups -OCH3 is 1. The van der Waals surface area contributed by atoms with Crippen molar-refractivity contribution in [1.82, 2.24) is 10.6 Å². The van der Waals surface area contributed by atoms with Gasteiger partial charge in [0.2, 0.25) is 5.91 Å². The van der Waals surface area contributed by atoms with Crippen LogP contribution in [-0.2, 0) is 11.2 Å². The van der Waals surface area contributed by atoms with E-state index in [9.17, 15) is 4.79 Å². The molecule has 4 nitrogen and oxygen atoms in total. The average Bonchev–Trinajstić information content (AvgIpc) is 2.87. The highest BCUT2D eigenvalue weighted by Crippen LogP contribution is 2.24. The quantitative estimate of drug-likeness (QED) is 0.842. The number of benzene rings is 1. The third kappa shape index (κ3) is 3.26. The van der Waals surface area contributed by atoms with Crippen LogP contribution in [0, 0.1) is 5.41 Å². The summed E-state index contributed by atoms with van der Waals surface area (Å²) < 4.78 is 5.30. The van der Waals surface area contributed by atoms with Crippen LogP contribution in [0.1, 0.15) is 18.9 Å². The van der Waals surface area contributed by atoms with Crippen molar-refractivity contribution in [2.45, 2.75) is 19.8 Å². The molecule has 1 fully saturated rings. The normalized spacial score (nSPS) is 22.2. The number of hydrogen-bond acceptors (Lipinski definition) is 3. The van der Waals surface area contributed by atoms with Crippen LogP contribution < -0.4 is 15.4 Å². The molecule has 0 aliphatic carbocycles. The van der Waals surface area contributed by atoms with Crippen LogP contribution in [0.2, 0.25) is 0 Å². The molecule has 1 saturated heterocycles. The number of carbonyl (C=O) groups excluding carboxylic acids is 1. The molecule has 1 aliphatic rings. The second-order valence-electron chi connectivity index (χ2n) is 5.31. The van der Waals surface area contributed by atoms with Crippen LogP contribution in [-0.4, -0.2) is 32.7 Å². The fraction of sp³-hybridized carbons (Fsp3) is 0.533. The lowest BCUT2D eigenvalue weighted by Gasteiger charge is -2.21. The summed E-state index contributed by atoms with van der Waals surface area (Å²) in [5.41, 5.74) is 0.876. The van der Waals surface area contributed by atoms with Gasteiger partial charge in [-0.3, -0.25) is 4.79 Å². The van der Waals surface area contributed by atoms with Crippen LogP contribution in [0.25, 0.3) is 0 Å². The first-order chi connectivity index (χ1) is 9.15. The average molecular weight is 262 g/mol. The number of hydrogen-bond donors (Lipinski definition) is 2. The standard InChI is InChI=1S/C15H22N2O2/c1-15(8-10-16-11-15)14(18)17-9-7-12-5-3-4-6-13(12)19-2/h3-6,16H,7-11H2,1-2H3,(H,17,18). The van der Waals surface area contributed by atoms with Gasteiger partial charge in [-0.25, -0.2) is 0 Å². The smallest absolute Gasteiger partial charge is 0.227 e. The molecule has 0 spiro atoms. The first-order valence-electron chi connectivity index (χ1n) is 6.77. The van der Waals surface area contributed by atoms with Gasteiger partial charge < -0.3 is 15.4 Å². The maximum absolute atomic E-state index is 12.1. The van der Waals surface area contributed by atoms with E-state index in [4.69, 9.17) is 4.74 Å². The highest BCUT2D eigenvalue weighted by Gasteiger charge is 2.35. The van der Waals surface area contributed by atoms with Gasteiger partial charge in [-0.1, -0.05) is 18.2 Å². The van der Waals surface area contributed by atoms with Gasteiger partial charge in [0.25, 0.3) is 0 Å². The van der Waals surface area contributed by atoms with Crippen molar-refractivity contribution in [3.63, 3.8) is 0 Å². The minimum Gasteiger partial charge on any atom is -0.496 e. The van der Waals surface area contributed by atoms with E-state index in [2.05, 4.69) is 10.6 Å². The van der Waals surface area contributed by atoms with Crippen molar-refractivity contribution in [2.24, 2.45) is 5.41 Å². The van der Waals surface area contributed by atoms with E-state index < -0.39 is 0 Å². The van der Waals surface area contributed by atoms with Crippen LogP contribution >= 0.6 is 0 Å². The molecule has 1 heterocycles. The zero-order valence-corrected chi connectivity index (χ0v) is 11.7. The van der Waals surface area contributed by atoms with E-state index in [1.165, 1.54) is 0 Å². The van der Waals surface area contributed by atoms with E-state index >= 15 is 0 Å². The highest BCUT2D eigenvalue weighted by atomic mass is 16.5. The van der Waals surface area contributed by atoms with E-state index in [0.29, 0.717) is 6.54 Å². The Morgan fingerprint density at radius 1 is 1.47 bits per heavy atom. The van der Waals surface area contributed by atoms with E-state index in [0.717, 1.165) is 37.2 Å². The zero-order valence-electron chi connectivity index (χ0n) is 11.7. The maximum Gasteiger partial charge on any atom is 0.227 e. The lowest BCUT2D eigenvalue weighted by Crippen LogP contribution is -2.41. The zero-order chi connectivity index (χ0) is 13.7. The Kier molecular flexibility index (Phi) is 4.43. The molecule has 1 unspecified atom stereocenters. The third-order valence-corrected chi connectivity index (χ3v) is 3.79. The first-order valence-corrected chi connectivity index (χ1v) is 6.77. The van der Waals surface area contributed by atoms with Crippen molar-refractivity contribution in [3.8, 4) is 5.75 Å². The number of ether oxygens (including phenoxy) is 1. The Balaban J connectivity index is 1.85. The highest BCUT2D eigenvalue weighted by molar-refractivity contribution is 5.82. The number of amides is 1. The summed E-state index contributed by atoms with van der Waals surface area (Å²) in [5, 5.41) is 6.27. The second kappa shape index (κ2) is 6.06. The SMILES string of the molecule is COc1ccccc1CCNC(=O)C1(C)CCNC1. The maximum atomic E-state index is 12.1. The molecule has 0 radical (unpaired) electrons. The largest absolute Gasteiger partial charge is 0.496 e. The van der Waals surface area contributed by atoms with E-state index in [-0.39, 0.29) is 11.3 Å². The molecule has 0 saturated carbocycles. The molecule has 1 amide bonds. The van der Waals surface area contributed by atoms with Crippen LogP contribution in [0.15, 0.2) is 24.3 Å². The molecular formula is C15H22N2O2. The van der Waals surface area contributed by atoms with E-state index in [1.54, 1.807) is 7.11 Å². The van der Waals surface area contributed by atoms with Gasteiger partial charge in [-0.2, -0.15) is 0 Å². The van der Waals surface area contributed by atoms with Crippen molar-refractivity contribution in [3.05, 3.63) is 29.8 Å². The fourth-order valence-corrected chi connectivity index (χ4v) is 2.44. The van der Waals surface area contributed by atoms with Crippen molar-refractivity contribution in [2.75, 3.05) is 26.7 Å². The minimum atomic E-state index is -0.249. The molecule has 0 bridgehead atoms. The minimum absolute atomic E-state index is 0.146. The number of rotatable bonds is 5. The Bertz CT molecular complexity index is 440. The Morgan fingerprint density at radius 2 is 2.26 bits per heavy atom. The van der Waals surface area contributed by atoms with Crippen LogP contribution in [0.3, 0.4) is 0 Å². The van der Waals surface area contributed by atoms with Gasteiger partial charge in [-0.05, 0) is 37.9 Å². The van der Waals surface area contributed by atoms with Gasteiger partial charge in [0, 0.05) is 13.1 Å². The summed E-state index contributed by atoms with van der Waals surface area (Å²) in [5.74, 6) is 1.03. The van der Waals surface area contributed by atoms with Crippen LogP contribution in [0.5, 0.6) is 5.75 Å². The molecule has 1 aromatic rings. The second-order valence-corrected chi connectivity index (χ2v) is 5.31. The Hall–Kier alpha value is -1.55. The number of carbonyl (C=O) groups is 1. The van der Waals surface area contributed by atoms with Gasteiger partial charge in [0.15, 0.2) is 0 Å². The Labute approximate surface area is 114 Å². The first kappa shape index (κ1) is 13.9. The molecule has 1 atom stereocenters. The molecule has 2 N–H and O–H groups in total. The number of nitrogens with one attached hydrogen (secondary N) is 2. The van der Waals surface area contributed by atoms with Gasteiger partial charge in [0.1, 0.15) is 5.75 Å². The summed E-state index contributed by atoms with van der Waals surface area (Å²) in [6.07, 6.45) is 1.70. The predicted octanol–water partition coefficient (Wildman–Crippen LogP) is 1.35. The molecule has 1 aromatic carbocycles. The van der Waals surface area contributed by atoms with Crippen molar-refractivity contribution in [1.29, 1.82) is 0 Å². The summed E-state index contributed by atoms with van der Waals surface area (Å²) in [6, 6.07) is 7.91. The van der Waals surface area contributed by atoms with Crippen molar-refractivity contribution < 1.29 is 9.53 Å². The van der Waals surface area contributed by atoms with Crippen LogP contribution in [0.4, 0.5) is 0 Å². The molecule has 19 heavy (non-hydrogen) atoms. The molecule has 4 heteroatoms. The predicted molar refractivity (Wildman–Crippen MR) is 75.3 cm³/mol. The molecule has 0 aromatic heterocycles. The van der Waals surface area contributed by atoms with Gasteiger partial charge in [0.05, 0.1) is 12.5 Å². The molecule has 2 rings (SSSR count). The molecular weight excluding hydrogens is 240 g/mol. The molecule has 1 aliphatic heterocycles. The summed E-state index contributed by atoms with van der Waals surface area (Å²) in [6.45, 7) is 4.37. The summed E-state index contributed by atoms with van der Waals surface area (Å²) in [7, 11) is 1.67. The van der Waals surface area contributed by atoms with Gasteiger partial charge in [-0.15, -0.1) is 0 Å². The summed E-state index contributed by atoms with van der Waals surface area (Å²) in [4.78, 5) is 12.1. The van der Waals surface area contributed by atoms with Crippen molar-refractivity contribution >= 4 is 5.91 Å². The number of para-hydroxylation sites is 1. The Morgan fingerprint density at radius 3 is 2.95 bits per heavy atom. The lowest BCUT2D eigenvalue weighted by atomic mass is 9.89. The van der Waals surface area contributed by atoms with Gasteiger partial charge >= 0.3 is 0 Å². The monoisotopic (exact) mass is 262 g/mol. The lowest BCUT2D eigenvalue weighted by molar-refractivity contribution is -0.129. The molecule has 104 valence electrons.